The van der Waals surface area contributed by atoms with E-state index in [1.807, 2.05) is 31.2 Å². The number of carbonyl (C=O) groups excluding carboxylic acids is 2. The summed E-state index contributed by atoms with van der Waals surface area (Å²) in [6, 6.07) is 18.7. The minimum Gasteiger partial charge on any atom is -0.392 e. The smallest absolute Gasteiger partial charge is 0.293 e. The normalized spacial score (nSPS) is 17.6. The first-order valence-corrected chi connectivity index (χ1v) is 16.4. The van der Waals surface area contributed by atoms with E-state index in [9.17, 15) is 19.5 Å². The summed E-state index contributed by atoms with van der Waals surface area (Å²) in [6.07, 6.45) is 5.69. The molecule has 2 fully saturated rings. The van der Waals surface area contributed by atoms with Gasteiger partial charge in [0.25, 0.3) is 17.4 Å². The third-order valence-corrected chi connectivity index (χ3v) is 9.43. The highest BCUT2D eigenvalue weighted by Crippen LogP contribution is 2.41. The van der Waals surface area contributed by atoms with E-state index >= 15 is 0 Å². The number of aliphatic hydroxyl groups excluding tert-OH is 1. The van der Waals surface area contributed by atoms with Crippen molar-refractivity contribution < 1.29 is 19.4 Å². The summed E-state index contributed by atoms with van der Waals surface area (Å²) in [7, 11) is 1.65. The van der Waals surface area contributed by atoms with E-state index in [1.165, 1.54) is 23.0 Å². The highest BCUT2D eigenvalue weighted by atomic mass is 16.5. The van der Waals surface area contributed by atoms with Crippen molar-refractivity contribution in [1.29, 1.82) is 0 Å². The van der Waals surface area contributed by atoms with Crippen LogP contribution in [0.1, 0.15) is 69.5 Å². The molecular formula is C37H39N5O5. The molecular weight excluding hydrogens is 594 g/mol. The van der Waals surface area contributed by atoms with Crippen molar-refractivity contribution in [3.8, 4) is 11.3 Å². The molecule has 3 heterocycles. The Morgan fingerprint density at radius 3 is 2.57 bits per heavy atom. The minimum absolute atomic E-state index is 0.0510. The van der Waals surface area contributed by atoms with Crippen LogP contribution in [0.15, 0.2) is 71.7 Å². The number of hydrogen-bond acceptors (Lipinski definition) is 7. The summed E-state index contributed by atoms with van der Waals surface area (Å²) in [5.41, 5.74) is 6.22. The summed E-state index contributed by atoms with van der Waals surface area (Å²) >= 11 is 0. The molecule has 1 saturated carbocycles. The van der Waals surface area contributed by atoms with E-state index in [-0.39, 0.29) is 35.9 Å². The number of fused-ring (bicyclic) bond motifs is 1. The average Bonchev–Trinajstić information content (AvgIpc) is 3.84. The molecule has 1 aromatic heterocycles. The molecule has 3 aliphatic rings. The third-order valence-electron chi connectivity index (χ3n) is 9.43. The lowest BCUT2D eigenvalue weighted by atomic mass is 9.93. The molecule has 2 amide bonds. The molecule has 47 heavy (non-hydrogen) atoms. The Morgan fingerprint density at radius 2 is 1.83 bits per heavy atom. The quantitative estimate of drug-likeness (QED) is 0.266. The first kappa shape index (κ1) is 30.8. The van der Waals surface area contributed by atoms with Crippen LogP contribution in [0.3, 0.4) is 0 Å². The first-order valence-electron chi connectivity index (χ1n) is 16.4. The van der Waals surface area contributed by atoms with E-state index in [4.69, 9.17) is 4.74 Å². The van der Waals surface area contributed by atoms with Crippen molar-refractivity contribution in [3.63, 3.8) is 0 Å². The fraction of sp³-hybridized carbons (Fsp3) is 0.351. The molecule has 4 aromatic rings. The number of benzene rings is 3. The van der Waals surface area contributed by atoms with Gasteiger partial charge in [0.2, 0.25) is 0 Å². The number of rotatable bonds is 9. The van der Waals surface area contributed by atoms with E-state index in [2.05, 4.69) is 22.4 Å². The largest absolute Gasteiger partial charge is 0.392 e. The Kier molecular flexibility index (Phi) is 8.38. The predicted molar refractivity (Wildman–Crippen MR) is 180 cm³/mol. The standard InChI is InChI=1S/C37H39N5O5/c1-3-47-28-16-17-41(20-28)35(44)24-9-12-27(13-10-24)38-34-37(46)40(2)21-32(39-34)30-5-4-6-33(31(30)22-43)42-18-15-26-19-25(23-7-8-23)11-14-29(26)36(42)45/h4-6,9-14,19,21,23,28,43H,3,7-8,15-18,20,22H2,1-2H3,(H,38,39)/t28-/m1/s1. The summed E-state index contributed by atoms with van der Waals surface area (Å²) in [4.78, 5) is 48.1. The van der Waals surface area contributed by atoms with E-state index in [1.54, 1.807) is 47.3 Å². The Hall–Kier alpha value is -4.80. The Balaban J connectivity index is 1.13. The second-order valence-corrected chi connectivity index (χ2v) is 12.6. The number of amides is 2. The zero-order chi connectivity index (χ0) is 32.7. The molecule has 1 saturated heterocycles. The lowest BCUT2D eigenvalue weighted by molar-refractivity contribution is 0.0598. The van der Waals surface area contributed by atoms with Crippen LogP contribution in [0.2, 0.25) is 0 Å². The molecule has 10 nitrogen and oxygen atoms in total. The molecule has 3 aromatic carbocycles. The van der Waals surface area contributed by atoms with Gasteiger partial charge >= 0.3 is 0 Å². The van der Waals surface area contributed by atoms with Gasteiger partial charge in [-0.25, -0.2) is 4.98 Å². The number of aryl methyl sites for hydroxylation is 1. The topological polar surface area (TPSA) is 117 Å². The van der Waals surface area contributed by atoms with Gasteiger partial charge in [0.05, 0.1) is 24.1 Å². The number of likely N-dealkylation sites (tertiary alicyclic amines) is 1. The van der Waals surface area contributed by atoms with Crippen molar-refractivity contribution in [2.45, 2.75) is 51.2 Å². The Morgan fingerprint density at radius 1 is 1.02 bits per heavy atom. The van der Waals surface area contributed by atoms with Crippen LogP contribution in [-0.4, -0.2) is 63.7 Å². The fourth-order valence-corrected chi connectivity index (χ4v) is 6.76. The van der Waals surface area contributed by atoms with Crippen molar-refractivity contribution in [2.24, 2.45) is 7.05 Å². The number of nitrogens with one attached hydrogen (secondary N) is 1. The van der Waals surface area contributed by atoms with Gasteiger partial charge in [0, 0.05) is 67.4 Å². The third kappa shape index (κ3) is 6.06. The number of anilines is 3. The van der Waals surface area contributed by atoms with E-state index in [0.717, 1.165) is 18.4 Å². The minimum atomic E-state index is -0.331. The summed E-state index contributed by atoms with van der Waals surface area (Å²) in [5.74, 6) is 0.589. The van der Waals surface area contributed by atoms with Gasteiger partial charge in [-0.1, -0.05) is 24.3 Å². The number of aliphatic hydroxyl groups is 1. The fourth-order valence-electron chi connectivity index (χ4n) is 6.76. The molecule has 0 spiro atoms. The van der Waals surface area contributed by atoms with Gasteiger partial charge in [0.15, 0.2) is 5.82 Å². The number of nitrogens with zero attached hydrogens (tertiary/aromatic N) is 4. The number of carbonyl (C=O) groups is 2. The lowest BCUT2D eigenvalue weighted by Crippen LogP contribution is -2.38. The summed E-state index contributed by atoms with van der Waals surface area (Å²) in [5, 5.41) is 13.7. The van der Waals surface area contributed by atoms with Crippen LogP contribution in [0, 0.1) is 0 Å². The maximum absolute atomic E-state index is 13.7. The number of hydrogen-bond donors (Lipinski definition) is 2. The van der Waals surface area contributed by atoms with Crippen LogP contribution in [-0.2, 0) is 24.8 Å². The lowest BCUT2D eigenvalue weighted by Gasteiger charge is -2.31. The molecule has 1 atom stereocenters. The maximum Gasteiger partial charge on any atom is 0.293 e. The van der Waals surface area contributed by atoms with Gasteiger partial charge in [-0.3, -0.25) is 14.4 Å². The summed E-state index contributed by atoms with van der Waals surface area (Å²) in [6.45, 7) is 4.02. The maximum atomic E-state index is 13.7. The average molecular weight is 634 g/mol. The molecule has 10 heteroatoms. The molecule has 7 rings (SSSR count). The molecule has 2 N–H and O–H groups in total. The molecule has 242 valence electrons. The molecule has 2 aliphatic heterocycles. The zero-order valence-corrected chi connectivity index (χ0v) is 26.7. The van der Waals surface area contributed by atoms with Gasteiger partial charge in [-0.05, 0) is 86.1 Å². The highest BCUT2D eigenvalue weighted by molar-refractivity contribution is 6.09. The second kappa shape index (κ2) is 12.8. The van der Waals surface area contributed by atoms with Crippen molar-refractivity contribution >= 4 is 29.0 Å². The zero-order valence-electron chi connectivity index (χ0n) is 26.7. The van der Waals surface area contributed by atoms with Crippen LogP contribution >= 0.6 is 0 Å². The molecule has 0 unspecified atom stereocenters. The number of ether oxygens (including phenoxy) is 1. The predicted octanol–water partition coefficient (Wildman–Crippen LogP) is 5.01. The van der Waals surface area contributed by atoms with Gasteiger partial charge in [-0.2, -0.15) is 0 Å². The number of aromatic nitrogens is 2. The summed E-state index contributed by atoms with van der Waals surface area (Å²) < 4.78 is 7.12. The molecule has 0 radical (unpaired) electrons. The Bertz CT molecular complexity index is 1900. The van der Waals surface area contributed by atoms with Crippen LogP contribution in [0.4, 0.5) is 17.2 Å². The Labute approximate surface area is 273 Å². The van der Waals surface area contributed by atoms with Crippen LogP contribution in [0.5, 0.6) is 0 Å². The second-order valence-electron chi connectivity index (χ2n) is 12.6. The molecule has 0 bridgehead atoms. The highest BCUT2D eigenvalue weighted by Gasteiger charge is 2.31. The SMILES string of the molecule is CCO[C@@H]1CCN(C(=O)c2ccc(Nc3nc(-c4cccc(N5CCc6cc(C7CC7)ccc6C5=O)c4CO)cn(C)c3=O)cc2)C1. The monoisotopic (exact) mass is 633 g/mol. The van der Waals surface area contributed by atoms with Gasteiger partial charge in [-0.15, -0.1) is 0 Å². The van der Waals surface area contributed by atoms with Crippen LogP contribution in [0.25, 0.3) is 11.3 Å². The van der Waals surface area contributed by atoms with Crippen LogP contribution < -0.4 is 15.8 Å². The van der Waals surface area contributed by atoms with Gasteiger partial charge in [0.1, 0.15) is 0 Å². The molecule has 1 aliphatic carbocycles. The van der Waals surface area contributed by atoms with E-state index < -0.39 is 0 Å². The van der Waals surface area contributed by atoms with Crippen molar-refractivity contribution in [1.82, 2.24) is 14.5 Å². The van der Waals surface area contributed by atoms with Crippen molar-refractivity contribution in [3.05, 3.63) is 105 Å². The van der Waals surface area contributed by atoms with Crippen molar-refractivity contribution in [2.75, 3.05) is 36.5 Å². The van der Waals surface area contributed by atoms with E-state index in [0.29, 0.717) is 71.5 Å². The van der Waals surface area contributed by atoms with Gasteiger partial charge < -0.3 is 29.5 Å². The first-order chi connectivity index (χ1) is 22.8.